The molecule has 0 aliphatic heterocycles. The predicted octanol–water partition coefficient (Wildman–Crippen LogP) is 1.22. The first-order valence-electron chi connectivity index (χ1n) is 4.80. The molecule has 0 aromatic carbocycles. The molecule has 1 heterocycles. The fourth-order valence-corrected chi connectivity index (χ4v) is 1.97. The minimum atomic E-state index is -1.03. The zero-order chi connectivity index (χ0) is 12.8. The lowest BCUT2D eigenvalue weighted by Crippen LogP contribution is -2.30. The van der Waals surface area contributed by atoms with Gasteiger partial charge in [0, 0.05) is 0 Å². The molecule has 0 aliphatic carbocycles. The van der Waals surface area contributed by atoms with E-state index in [2.05, 4.69) is 0 Å². The van der Waals surface area contributed by atoms with Crippen LogP contribution in [0.2, 0.25) is 0 Å². The van der Waals surface area contributed by atoms with Gasteiger partial charge in [-0.05, 0) is 18.2 Å². The normalized spacial score (nSPS) is 12.3. The van der Waals surface area contributed by atoms with Crippen molar-refractivity contribution < 1.29 is 19.2 Å². The smallest absolute Gasteiger partial charge is 0.433 e. The van der Waals surface area contributed by atoms with Crippen molar-refractivity contribution in [1.29, 1.82) is 0 Å². The molecule has 0 spiro atoms. The second kappa shape index (κ2) is 6.26. The number of hydrogen-bond acceptors (Lipinski definition) is 6. The number of nitrogens with zero attached hydrogens (tertiary/aromatic N) is 1. The van der Waals surface area contributed by atoms with E-state index in [9.17, 15) is 14.9 Å². The van der Waals surface area contributed by atoms with Crippen molar-refractivity contribution in [3.63, 3.8) is 0 Å². The van der Waals surface area contributed by atoms with Gasteiger partial charge in [-0.3, -0.25) is 14.9 Å². The van der Waals surface area contributed by atoms with Gasteiger partial charge in [0.15, 0.2) is 0 Å². The van der Waals surface area contributed by atoms with Gasteiger partial charge in [-0.2, -0.15) is 11.8 Å². The molecule has 0 saturated carbocycles. The van der Waals surface area contributed by atoms with Crippen LogP contribution in [0.1, 0.15) is 12.2 Å². The van der Waals surface area contributed by atoms with Gasteiger partial charge in [0.2, 0.25) is 0 Å². The standard InChI is InChI=1S/C9H12N2O5S/c10-7(9(12)13)3-4-17-5-6-1-2-8(16-6)11(14)15/h1-2,7H,3-5,10H2,(H,12,13). The Bertz CT molecular complexity index is 406. The summed E-state index contributed by atoms with van der Waals surface area (Å²) in [5.41, 5.74) is 5.31. The van der Waals surface area contributed by atoms with Crippen LogP contribution in [-0.2, 0) is 10.5 Å². The largest absolute Gasteiger partial charge is 0.480 e. The molecule has 0 amide bonds. The maximum absolute atomic E-state index is 10.4. The summed E-state index contributed by atoms with van der Waals surface area (Å²) in [4.78, 5) is 20.1. The second-order valence-electron chi connectivity index (χ2n) is 3.28. The Labute approximate surface area is 101 Å². The van der Waals surface area contributed by atoms with Crippen LogP contribution in [-0.4, -0.2) is 27.8 Å². The topological polar surface area (TPSA) is 120 Å². The highest BCUT2D eigenvalue weighted by Gasteiger charge is 2.13. The fraction of sp³-hybridized carbons (Fsp3) is 0.444. The lowest BCUT2D eigenvalue weighted by molar-refractivity contribution is -0.402. The Morgan fingerprint density at radius 2 is 2.35 bits per heavy atom. The van der Waals surface area contributed by atoms with Gasteiger partial charge in [-0.1, -0.05) is 0 Å². The van der Waals surface area contributed by atoms with E-state index in [1.807, 2.05) is 0 Å². The summed E-state index contributed by atoms with van der Waals surface area (Å²) >= 11 is 1.42. The number of thioether (sulfide) groups is 1. The maximum Gasteiger partial charge on any atom is 0.433 e. The minimum Gasteiger partial charge on any atom is -0.480 e. The lowest BCUT2D eigenvalue weighted by Gasteiger charge is -2.04. The van der Waals surface area contributed by atoms with Gasteiger partial charge in [-0.25, -0.2) is 0 Å². The molecule has 0 fully saturated rings. The molecule has 1 aromatic rings. The van der Waals surface area contributed by atoms with E-state index in [0.717, 1.165) is 0 Å². The van der Waals surface area contributed by atoms with Crippen molar-refractivity contribution >= 4 is 23.6 Å². The molecular formula is C9H12N2O5S. The van der Waals surface area contributed by atoms with Crippen molar-refractivity contribution in [1.82, 2.24) is 0 Å². The molecule has 1 aromatic heterocycles. The third-order valence-electron chi connectivity index (χ3n) is 1.96. The second-order valence-corrected chi connectivity index (χ2v) is 4.39. The molecule has 8 heteroatoms. The number of furan rings is 1. The van der Waals surface area contributed by atoms with E-state index in [1.165, 1.54) is 23.9 Å². The van der Waals surface area contributed by atoms with Crippen LogP contribution in [0.15, 0.2) is 16.5 Å². The van der Waals surface area contributed by atoms with Crippen molar-refractivity contribution in [2.24, 2.45) is 5.73 Å². The van der Waals surface area contributed by atoms with E-state index in [4.69, 9.17) is 15.3 Å². The van der Waals surface area contributed by atoms with E-state index in [-0.39, 0.29) is 5.88 Å². The van der Waals surface area contributed by atoms with Crippen LogP contribution >= 0.6 is 11.8 Å². The molecule has 0 aliphatic rings. The average molecular weight is 260 g/mol. The number of hydrogen-bond donors (Lipinski definition) is 2. The molecule has 7 nitrogen and oxygen atoms in total. The summed E-state index contributed by atoms with van der Waals surface area (Å²) in [6, 6.07) is 1.95. The van der Waals surface area contributed by atoms with Crippen molar-refractivity contribution in [2.75, 3.05) is 5.75 Å². The average Bonchev–Trinajstić information content (AvgIpc) is 2.72. The summed E-state index contributed by atoms with van der Waals surface area (Å²) < 4.78 is 4.93. The Morgan fingerprint density at radius 1 is 1.65 bits per heavy atom. The quantitative estimate of drug-likeness (QED) is 0.429. The highest BCUT2D eigenvalue weighted by atomic mass is 32.2. The van der Waals surface area contributed by atoms with Gasteiger partial charge in [0.05, 0.1) is 11.8 Å². The van der Waals surface area contributed by atoms with Crippen LogP contribution in [0.4, 0.5) is 5.88 Å². The lowest BCUT2D eigenvalue weighted by atomic mass is 10.2. The first-order chi connectivity index (χ1) is 8.00. The molecule has 17 heavy (non-hydrogen) atoms. The maximum atomic E-state index is 10.4. The fourth-order valence-electron chi connectivity index (χ4n) is 1.05. The Hall–Kier alpha value is -1.54. The van der Waals surface area contributed by atoms with E-state index in [1.54, 1.807) is 0 Å². The number of carboxylic acid groups (broad SMARTS) is 1. The van der Waals surface area contributed by atoms with E-state index in [0.29, 0.717) is 23.7 Å². The molecule has 3 N–H and O–H groups in total. The summed E-state index contributed by atoms with van der Waals surface area (Å²) in [6.07, 6.45) is 0.350. The van der Waals surface area contributed by atoms with Gasteiger partial charge in [0.25, 0.3) is 0 Å². The number of carbonyl (C=O) groups is 1. The molecule has 94 valence electrons. The predicted molar refractivity (Wildman–Crippen MR) is 61.8 cm³/mol. The zero-order valence-electron chi connectivity index (χ0n) is 8.87. The number of carboxylic acids is 1. The van der Waals surface area contributed by atoms with Crippen molar-refractivity contribution in [2.45, 2.75) is 18.2 Å². The van der Waals surface area contributed by atoms with Crippen LogP contribution in [0.25, 0.3) is 0 Å². The third kappa shape index (κ3) is 4.45. The van der Waals surface area contributed by atoms with E-state index < -0.39 is 16.9 Å². The summed E-state index contributed by atoms with van der Waals surface area (Å²) in [5, 5.41) is 18.9. The highest BCUT2D eigenvalue weighted by Crippen LogP contribution is 2.20. The van der Waals surface area contributed by atoms with Crippen LogP contribution in [0.5, 0.6) is 0 Å². The molecule has 0 bridgehead atoms. The number of nitrogens with two attached hydrogens (primary N) is 1. The third-order valence-corrected chi connectivity index (χ3v) is 2.98. The molecule has 0 radical (unpaired) electrons. The Balaban J connectivity index is 2.26. The van der Waals surface area contributed by atoms with Gasteiger partial charge in [0.1, 0.15) is 16.7 Å². The van der Waals surface area contributed by atoms with Crippen LogP contribution in [0, 0.1) is 10.1 Å². The number of nitro groups is 1. The summed E-state index contributed by atoms with van der Waals surface area (Å²) in [7, 11) is 0. The molecule has 0 saturated heterocycles. The van der Waals surface area contributed by atoms with Crippen molar-refractivity contribution in [3.05, 3.63) is 28.0 Å². The minimum absolute atomic E-state index is 0.289. The Morgan fingerprint density at radius 3 is 2.88 bits per heavy atom. The van der Waals surface area contributed by atoms with Crippen molar-refractivity contribution in [3.8, 4) is 0 Å². The highest BCUT2D eigenvalue weighted by molar-refractivity contribution is 7.98. The van der Waals surface area contributed by atoms with Crippen LogP contribution < -0.4 is 5.73 Å². The Kier molecular flexibility index (Phi) is 4.98. The van der Waals surface area contributed by atoms with Gasteiger partial charge >= 0.3 is 11.9 Å². The van der Waals surface area contributed by atoms with Crippen LogP contribution in [0.3, 0.4) is 0 Å². The first kappa shape index (κ1) is 13.5. The van der Waals surface area contributed by atoms with E-state index >= 15 is 0 Å². The SMILES string of the molecule is NC(CCSCc1ccc([N+](=O)[O-])o1)C(=O)O. The van der Waals surface area contributed by atoms with Gasteiger partial charge < -0.3 is 15.3 Å². The zero-order valence-corrected chi connectivity index (χ0v) is 9.68. The monoisotopic (exact) mass is 260 g/mol. The number of aliphatic carboxylic acids is 1. The summed E-state index contributed by atoms with van der Waals surface area (Å²) in [5.74, 6) is 0.190. The molecule has 1 unspecified atom stereocenters. The number of rotatable bonds is 7. The first-order valence-corrected chi connectivity index (χ1v) is 5.95. The summed E-state index contributed by atoms with van der Waals surface area (Å²) in [6.45, 7) is 0. The molecular weight excluding hydrogens is 248 g/mol. The van der Waals surface area contributed by atoms with Gasteiger partial charge in [-0.15, -0.1) is 0 Å². The molecule has 1 rings (SSSR count). The molecule has 1 atom stereocenters.